The lowest BCUT2D eigenvalue weighted by atomic mass is 9.48. The van der Waals surface area contributed by atoms with Crippen molar-refractivity contribution < 1.29 is 64.6 Å². The molecular formula is C27H40F2O12S. The van der Waals surface area contributed by atoms with Crippen molar-refractivity contribution in [1.82, 2.24) is 0 Å². The van der Waals surface area contributed by atoms with E-state index < -0.39 is 74.7 Å². The number of alkyl halides is 2. The van der Waals surface area contributed by atoms with Crippen LogP contribution in [0.25, 0.3) is 0 Å². The maximum Gasteiger partial charge on any atom is 0.508 e. The van der Waals surface area contributed by atoms with E-state index in [-0.39, 0.29) is 37.7 Å². The first-order chi connectivity index (χ1) is 19.1. The molecule has 0 aromatic rings. The van der Waals surface area contributed by atoms with Crippen LogP contribution in [0.3, 0.4) is 0 Å². The molecule has 4 aliphatic carbocycles. The summed E-state index contributed by atoms with van der Waals surface area (Å²) in [5.41, 5.74) is -2.38. The Hall–Kier alpha value is -2.10. The minimum Gasteiger partial charge on any atom is -0.460 e. The molecule has 0 aromatic carbocycles. The summed E-state index contributed by atoms with van der Waals surface area (Å²) in [7, 11) is -5.98. The van der Waals surface area contributed by atoms with Gasteiger partial charge in [0.2, 0.25) is 0 Å². The van der Waals surface area contributed by atoms with E-state index in [4.69, 9.17) is 33.0 Å². The van der Waals surface area contributed by atoms with Crippen molar-refractivity contribution in [3.63, 3.8) is 0 Å². The van der Waals surface area contributed by atoms with Gasteiger partial charge in [-0.2, -0.15) is 17.2 Å². The molecule has 0 spiro atoms. The van der Waals surface area contributed by atoms with Gasteiger partial charge in [0.1, 0.15) is 17.8 Å². The Bertz CT molecular complexity index is 1160. The fourth-order valence-electron chi connectivity index (χ4n) is 7.44. The molecule has 4 bridgehead atoms. The summed E-state index contributed by atoms with van der Waals surface area (Å²) >= 11 is 0. The van der Waals surface area contributed by atoms with E-state index in [1.807, 2.05) is 0 Å². The quantitative estimate of drug-likeness (QED) is 0.222. The highest BCUT2D eigenvalue weighted by Gasteiger charge is 2.61. The smallest absolute Gasteiger partial charge is 0.460 e. The maximum absolute atomic E-state index is 13.7. The van der Waals surface area contributed by atoms with Crippen molar-refractivity contribution in [2.75, 3.05) is 13.2 Å². The molecule has 1 aliphatic heterocycles. The van der Waals surface area contributed by atoms with Crippen LogP contribution in [0.1, 0.15) is 86.0 Å². The molecule has 12 nitrogen and oxygen atoms in total. The minimum absolute atomic E-state index is 0.000280. The second-order valence-corrected chi connectivity index (χ2v) is 15.2. The maximum atomic E-state index is 13.7. The Morgan fingerprint density at radius 1 is 0.952 bits per heavy atom. The highest BCUT2D eigenvalue weighted by atomic mass is 32.2. The summed E-state index contributed by atoms with van der Waals surface area (Å²) in [6, 6.07) is 0. The van der Waals surface area contributed by atoms with Gasteiger partial charge in [0.05, 0.1) is 25.2 Å². The average Bonchev–Trinajstić information content (AvgIpc) is 2.77. The Morgan fingerprint density at radius 3 is 2.12 bits per heavy atom. The van der Waals surface area contributed by atoms with Gasteiger partial charge in [0, 0.05) is 11.8 Å². The van der Waals surface area contributed by atoms with Gasteiger partial charge >= 0.3 is 33.5 Å². The number of carbonyl (C=O) groups is 3. The Balaban J connectivity index is 1.34. The number of esters is 2. The summed E-state index contributed by atoms with van der Waals surface area (Å²) in [4.78, 5) is 37.0. The van der Waals surface area contributed by atoms with E-state index in [2.05, 4.69) is 0 Å². The molecule has 1 heterocycles. The first-order valence-electron chi connectivity index (χ1n) is 14.1. The summed E-state index contributed by atoms with van der Waals surface area (Å²) in [6.45, 7) is 8.02. The molecule has 1 N–H and O–H groups in total. The molecule has 4 unspecified atom stereocenters. The fourth-order valence-corrected chi connectivity index (χ4v) is 7.71. The lowest BCUT2D eigenvalue weighted by molar-refractivity contribution is -0.305. The summed E-state index contributed by atoms with van der Waals surface area (Å²) in [6.07, 6.45) is 1.46. The number of hydrogen-bond donors (Lipinski definition) is 1. The normalized spacial score (nSPS) is 34.0. The van der Waals surface area contributed by atoms with Gasteiger partial charge in [-0.1, -0.05) is 0 Å². The van der Waals surface area contributed by atoms with Crippen molar-refractivity contribution in [2.24, 2.45) is 17.3 Å². The van der Waals surface area contributed by atoms with Crippen molar-refractivity contribution >= 4 is 28.2 Å². The van der Waals surface area contributed by atoms with Crippen LogP contribution in [0.15, 0.2) is 0 Å². The molecule has 5 fully saturated rings. The van der Waals surface area contributed by atoms with Gasteiger partial charge in [0.25, 0.3) is 0 Å². The van der Waals surface area contributed by atoms with Gasteiger partial charge in [0.15, 0.2) is 5.79 Å². The molecule has 4 saturated carbocycles. The van der Waals surface area contributed by atoms with Crippen LogP contribution in [0.5, 0.6) is 0 Å². The van der Waals surface area contributed by atoms with Gasteiger partial charge in [-0.05, 0) is 85.0 Å². The largest absolute Gasteiger partial charge is 0.508 e. The standard InChI is InChI=1S/C27H40F2O12S/c1-23(2,3)40-20(30)8-18-7-19(39-24(4,5)38-18)13-36-22(32)41-26-11-16-6-17(12-26)10-25(9-16,14-26)15-37-21(31)27(28,29)42(33,34)35/h16-19H,6-15H2,1-5H3,(H,33,34,35). The molecule has 42 heavy (non-hydrogen) atoms. The number of halogens is 2. The van der Waals surface area contributed by atoms with Gasteiger partial charge in [-0.3, -0.25) is 9.35 Å². The lowest BCUT2D eigenvalue weighted by Crippen LogP contribution is -2.59. The fraction of sp³-hybridized carbons (Fsp3) is 0.889. The van der Waals surface area contributed by atoms with Gasteiger partial charge in [-0.25, -0.2) is 9.59 Å². The molecule has 0 amide bonds. The van der Waals surface area contributed by atoms with Crippen LogP contribution in [-0.2, 0) is 48.1 Å². The van der Waals surface area contributed by atoms with Gasteiger partial charge < -0.3 is 28.4 Å². The zero-order valence-corrected chi connectivity index (χ0v) is 25.3. The molecule has 5 rings (SSSR count). The SMILES string of the molecule is CC(C)(C)OC(=O)CC1CC(COC(=O)OC23CC4CC(CC(COC(=O)C(F)(F)S(=O)(=O)O)(C4)C2)C3)OC(C)(C)O1. The number of carbonyl (C=O) groups excluding carboxylic acids is 3. The molecule has 5 aliphatic rings. The van der Waals surface area contributed by atoms with E-state index in [1.54, 1.807) is 34.6 Å². The monoisotopic (exact) mass is 626 g/mol. The van der Waals surface area contributed by atoms with Crippen molar-refractivity contribution in [3.05, 3.63) is 0 Å². The molecule has 1 saturated heterocycles. The highest BCUT2D eigenvalue weighted by Crippen LogP contribution is 2.63. The first kappa shape index (κ1) is 32.8. The van der Waals surface area contributed by atoms with Crippen LogP contribution in [0.4, 0.5) is 13.6 Å². The van der Waals surface area contributed by atoms with Crippen molar-refractivity contribution in [2.45, 2.75) is 120 Å². The average molecular weight is 627 g/mol. The van der Waals surface area contributed by atoms with Crippen LogP contribution in [0, 0.1) is 17.3 Å². The van der Waals surface area contributed by atoms with Crippen LogP contribution in [0.2, 0.25) is 0 Å². The predicted octanol–water partition coefficient (Wildman–Crippen LogP) is 4.14. The Labute approximate surface area is 243 Å². The second-order valence-electron chi connectivity index (χ2n) is 13.8. The molecular weight excluding hydrogens is 586 g/mol. The van der Waals surface area contributed by atoms with Gasteiger partial charge in [-0.15, -0.1) is 0 Å². The molecule has 15 heteroatoms. The third-order valence-electron chi connectivity index (χ3n) is 8.13. The Kier molecular flexibility index (Phi) is 8.68. The topological polar surface area (TPSA) is 161 Å². The minimum atomic E-state index is -5.98. The van der Waals surface area contributed by atoms with Crippen molar-refractivity contribution in [1.29, 1.82) is 0 Å². The zero-order valence-electron chi connectivity index (χ0n) is 24.5. The number of hydrogen-bond acceptors (Lipinski definition) is 11. The summed E-state index contributed by atoms with van der Waals surface area (Å²) in [5.74, 6) is -3.63. The number of rotatable bonds is 9. The van der Waals surface area contributed by atoms with E-state index in [1.165, 1.54) is 0 Å². The van der Waals surface area contributed by atoms with Crippen LogP contribution >= 0.6 is 0 Å². The van der Waals surface area contributed by atoms with Crippen molar-refractivity contribution in [3.8, 4) is 0 Å². The lowest BCUT2D eigenvalue weighted by Gasteiger charge is -2.60. The van der Waals surface area contributed by atoms with E-state index in [0.717, 1.165) is 6.42 Å². The van der Waals surface area contributed by atoms with E-state index >= 15 is 0 Å². The molecule has 0 radical (unpaired) electrons. The molecule has 4 atom stereocenters. The van der Waals surface area contributed by atoms with Crippen LogP contribution < -0.4 is 0 Å². The third kappa shape index (κ3) is 7.69. The summed E-state index contributed by atoms with van der Waals surface area (Å²) < 4.78 is 91.1. The Morgan fingerprint density at radius 2 is 1.55 bits per heavy atom. The van der Waals surface area contributed by atoms with Crippen LogP contribution in [-0.4, -0.2) is 78.7 Å². The second kappa shape index (κ2) is 11.1. The number of ether oxygens (including phenoxy) is 6. The first-order valence-corrected chi connectivity index (χ1v) is 15.5. The predicted molar refractivity (Wildman–Crippen MR) is 139 cm³/mol. The summed E-state index contributed by atoms with van der Waals surface area (Å²) in [5, 5.41) is -5.08. The molecule has 0 aromatic heterocycles. The van der Waals surface area contributed by atoms with E-state index in [9.17, 15) is 31.6 Å². The third-order valence-corrected chi connectivity index (χ3v) is 8.94. The highest BCUT2D eigenvalue weighted by molar-refractivity contribution is 7.87. The zero-order chi connectivity index (χ0) is 31.4. The molecule has 240 valence electrons. The van der Waals surface area contributed by atoms with E-state index in [0.29, 0.717) is 25.7 Å².